The van der Waals surface area contributed by atoms with E-state index in [1.54, 1.807) is 13.1 Å². The van der Waals surface area contributed by atoms with Crippen LogP contribution >= 0.6 is 0 Å². The molecule has 138 valence electrons. The summed E-state index contributed by atoms with van der Waals surface area (Å²) in [5.74, 6) is 0.253. The van der Waals surface area contributed by atoms with Crippen LogP contribution in [0.1, 0.15) is 31.1 Å². The fraction of sp³-hybridized carbons (Fsp3) is 0.263. The molecule has 1 aromatic carbocycles. The van der Waals surface area contributed by atoms with Gasteiger partial charge in [-0.2, -0.15) is 5.10 Å². The molecule has 0 atom stereocenters. The van der Waals surface area contributed by atoms with Gasteiger partial charge in [-0.1, -0.05) is 6.07 Å². The number of rotatable bonds is 2. The van der Waals surface area contributed by atoms with E-state index in [0.29, 0.717) is 28.1 Å². The second-order valence-electron chi connectivity index (χ2n) is 7.45. The van der Waals surface area contributed by atoms with Crippen molar-refractivity contribution in [1.29, 1.82) is 0 Å². The molecule has 0 spiro atoms. The van der Waals surface area contributed by atoms with E-state index in [9.17, 15) is 4.79 Å². The Morgan fingerprint density at radius 1 is 1.22 bits per heavy atom. The van der Waals surface area contributed by atoms with E-state index >= 15 is 0 Å². The lowest BCUT2D eigenvalue weighted by Gasteiger charge is -2.19. The van der Waals surface area contributed by atoms with Crippen LogP contribution in [0.5, 0.6) is 0 Å². The average molecular weight is 363 g/mol. The molecule has 8 heteroatoms. The highest BCUT2D eigenvalue weighted by molar-refractivity contribution is 6.02. The van der Waals surface area contributed by atoms with Gasteiger partial charge in [-0.05, 0) is 39.0 Å². The van der Waals surface area contributed by atoms with Crippen molar-refractivity contribution in [1.82, 2.24) is 30.0 Å². The van der Waals surface area contributed by atoms with E-state index in [-0.39, 0.29) is 11.4 Å². The third-order valence-corrected chi connectivity index (χ3v) is 4.50. The van der Waals surface area contributed by atoms with Crippen molar-refractivity contribution in [2.75, 3.05) is 12.8 Å². The normalized spacial score (nSPS) is 12.0. The van der Waals surface area contributed by atoms with Crippen molar-refractivity contribution in [2.24, 2.45) is 0 Å². The number of carbonyl (C=O) groups is 1. The lowest BCUT2D eigenvalue weighted by molar-refractivity contribution is 0.0963. The Balaban J connectivity index is 1.96. The molecule has 0 aliphatic rings. The number of hydrogen-bond donors (Lipinski definition) is 3. The fourth-order valence-corrected chi connectivity index (χ4v) is 3.17. The van der Waals surface area contributed by atoms with Crippen LogP contribution < -0.4 is 11.1 Å². The zero-order valence-electron chi connectivity index (χ0n) is 15.7. The number of carbonyl (C=O) groups excluding carboxylic acids is 1. The largest absolute Gasteiger partial charge is 0.383 e. The van der Waals surface area contributed by atoms with Gasteiger partial charge >= 0.3 is 0 Å². The number of amides is 1. The molecule has 0 bridgehead atoms. The van der Waals surface area contributed by atoms with Crippen LogP contribution in [0.2, 0.25) is 0 Å². The highest BCUT2D eigenvalue weighted by atomic mass is 16.1. The third kappa shape index (κ3) is 2.69. The predicted molar refractivity (Wildman–Crippen MR) is 105 cm³/mol. The molecule has 8 nitrogen and oxygen atoms in total. The van der Waals surface area contributed by atoms with E-state index in [0.717, 1.165) is 16.6 Å². The van der Waals surface area contributed by atoms with Gasteiger partial charge in [0.25, 0.3) is 5.91 Å². The smallest absolute Gasteiger partial charge is 0.251 e. The minimum absolute atomic E-state index is 0.131. The molecule has 0 saturated carbocycles. The standard InChI is InChI=1S/C19H21N7O/c1-19(2,3)26-17-14(16(20)22-9-23-17)15(25-26)13-7-10-5-6-11(18(27)21-4)8-12(10)24-13/h5-9,24H,1-4H3,(H,21,27)(H2,20,22,23). The van der Waals surface area contributed by atoms with Gasteiger partial charge in [-0.25, -0.2) is 14.6 Å². The Labute approximate surface area is 155 Å². The number of H-pyrrole nitrogens is 1. The topological polar surface area (TPSA) is 115 Å². The van der Waals surface area contributed by atoms with Gasteiger partial charge in [0.15, 0.2) is 5.65 Å². The number of nitrogens with one attached hydrogen (secondary N) is 2. The van der Waals surface area contributed by atoms with Crippen LogP contribution in [0.25, 0.3) is 33.3 Å². The molecule has 0 unspecified atom stereocenters. The molecule has 4 aromatic rings. The maximum absolute atomic E-state index is 11.9. The van der Waals surface area contributed by atoms with E-state index in [2.05, 4.69) is 41.0 Å². The minimum atomic E-state index is -0.268. The predicted octanol–water partition coefficient (Wildman–Crippen LogP) is 2.67. The first kappa shape index (κ1) is 17.0. The molecule has 3 aromatic heterocycles. The summed E-state index contributed by atoms with van der Waals surface area (Å²) in [6, 6.07) is 7.51. The highest BCUT2D eigenvalue weighted by Gasteiger charge is 2.24. The summed E-state index contributed by atoms with van der Waals surface area (Å²) in [6.45, 7) is 6.17. The number of aromatic nitrogens is 5. The summed E-state index contributed by atoms with van der Waals surface area (Å²) in [5, 5.41) is 9.11. The van der Waals surface area contributed by atoms with E-state index < -0.39 is 0 Å². The molecule has 4 rings (SSSR count). The quantitative estimate of drug-likeness (QED) is 0.506. The molecule has 0 saturated heterocycles. The van der Waals surface area contributed by atoms with E-state index in [4.69, 9.17) is 10.8 Å². The van der Waals surface area contributed by atoms with Crippen molar-refractivity contribution in [2.45, 2.75) is 26.3 Å². The van der Waals surface area contributed by atoms with Crippen LogP contribution in [0.4, 0.5) is 5.82 Å². The maximum Gasteiger partial charge on any atom is 0.251 e. The second kappa shape index (κ2) is 5.80. The first-order valence-corrected chi connectivity index (χ1v) is 8.64. The Kier molecular flexibility index (Phi) is 3.66. The molecule has 3 heterocycles. The van der Waals surface area contributed by atoms with Gasteiger partial charge in [-0.15, -0.1) is 0 Å². The number of fused-ring (bicyclic) bond motifs is 2. The summed E-state index contributed by atoms with van der Waals surface area (Å²) in [4.78, 5) is 23.8. The van der Waals surface area contributed by atoms with Gasteiger partial charge in [0.05, 0.1) is 16.6 Å². The fourth-order valence-electron chi connectivity index (χ4n) is 3.17. The van der Waals surface area contributed by atoms with Crippen LogP contribution in [0.15, 0.2) is 30.6 Å². The summed E-state index contributed by atoms with van der Waals surface area (Å²) in [7, 11) is 1.61. The van der Waals surface area contributed by atoms with Crippen LogP contribution in [0.3, 0.4) is 0 Å². The molecule has 0 aliphatic heterocycles. The zero-order valence-corrected chi connectivity index (χ0v) is 15.7. The third-order valence-electron chi connectivity index (χ3n) is 4.50. The Morgan fingerprint density at radius 3 is 2.70 bits per heavy atom. The van der Waals surface area contributed by atoms with Crippen molar-refractivity contribution >= 4 is 33.7 Å². The van der Waals surface area contributed by atoms with E-state index in [1.165, 1.54) is 6.33 Å². The molecule has 0 fully saturated rings. The number of benzene rings is 1. The Morgan fingerprint density at radius 2 is 2.00 bits per heavy atom. The minimum Gasteiger partial charge on any atom is -0.383 e. The van der Waals surface area contributed by atoms with Gasteiger partial charge in [0.2, 0.25) is 0 Å². The zero-order chi connectivity index (χ0) is 19.3. The molecule has 1 amide bonds. The highest BCUT2D eigenvalue weighted by Crippen LogP contribution is 2.34. The summed E-state index contributed by atoms with van der Waals surface area (Å²) in [6.07, 6.45) is 1.45. The molecule has 0 radical (unpaired) electrons. The van der Waals surface area contributed by atoms with Crippen LogP contribution in [0, 0.1) is 0 Å². The number of nitrogens with two attached hydrogens (primary N) is 1. The summed E-state index contributed by atoms with van der Waals surface area (Å²) in [5.41, 5.74) is 9.50. The van der Waals surface area contributed by atoms with Crippen molar-refractivity contribution in [3.63, 3.8) is 0 Å². The second-order valence-corrected chi connectivity index (χ2v) is 7.45. The maximum atomic E-state index is 11.9. The van der Waals surface area contributed by atoms with Crippen molar-refractivity contribution in [3.05, 3.63) is 36.2 Å². The number of anilines is 1. The monoisotopic (exact) mass is 363 g/mol. The number of aromatic amines is 1. The SMILES string of the molecule is CNC(=O)c1ccc2cc(-c3nn(C(C)(C)C)c4ncnc(N)c34)[nH]c2c1. The van der Waals surface area contributed by atoms with E-state index in [1.807, 2.05) is 22.9 Å². The van der Waals surface area contributed by atoms with Crippen molar-refractivity contribution in [3.8, 4) is 11.4 Å². The molecule has 27 heavy (non-hydrogen) atoms. The number of nitrogens with zero attached hydrogens (tertiary/aromatic N) is 4. The molecular formula is C19H21N7O. The first-order valence-electron chi connectivity index (χ1n) is 8.64. The van der Waals surface area contributed by atoms with Crippen LogP contribution in [-0.2, 0) is 5.54 Å². The van der Waals surface area contributed by atoms with Crippen LogP contribution in [-0.4, -0.2) is 37.7 Å². The summed E-state index contributed by atoms with van der Waals surface area (Å²) < 4.78 is 1.86. The summed E-state index contributed by atoms with van der Waals surface area (Å²) >= 11 is 0. The molecular weight excluding hydrogens is 342 g/mol. The van der Waals surface area contributed by atoms with Gasteiger partial charge in [-0.3, -0.25) is 4.79 Å². The average Bonchev–Trinajstić information content (AvgIpc) is 3.21. The Bertz CT molecular complexity index is 1180. The van der Waals surface area contributed by atoms with Gasteiger partial charge in [0.1, 0.15) is 17.8 Å². The van der Waals surface area contributed by atoms with Crippen molar-refractivity contribution < 1.29 is 4.79 Å². The Hall–Kier alpha value is -3.42. The van der Waals surface area contributed by atoms with Gasteiger partial charge < -0.3 is 16.0 Å². The lowest BCUT2D eigenvalue weighted by atomic mass is 10.1. The first-order chi connectivity index (χ1) is 12.8. The number of hydrogen-bond acceptors (Lipinski definition) is 5. The number of nitrogen functional groups attached to an aromatic ring is 1. The van der Waals surface area contributed by atoms with Gasteiger partial charge in [0, 0.05) is 23.5 Å². The molecule has 0 aliphatic carbocycles. The lowest BCUT2D eigenvalue weighted by Crippen LogP contribution is -2.23. The molecule has 4 N–H and O–H groups in total.